The summed E-state index contributed by atoms with van der Waals surface area (Å²) in [5.41, 5.74) is -1.40. The molecule has 49 heavy (non-hydrogen) atoms. The summed E-state index contributed by atoms with van der Waals surface area (Å²) in [6.07, 6.45) is 7.68. The maximum absolute atomic E-state index is 14.5. The van der Waals surface area contributed by atoms with Crippen molar-refractivity contribution in [1.82, 2.24) is 15.5 Å². The zero-order valence-corrected chi connectivity index (χ0v) is 32.4. The number of ketones is 2. The van der Waals surface area contributed by atoms with Crippen molar-refractivity contribution in [3.63, 3.8) is 0 Å². The second-order valence-electron chi connectivity index (χ2n) is 18.5. The predicted octanol–water partition coefficient (Wildman–Crippen LogP) is 5.17. The van der Waals surface area contributed by atoms with E-state index in [2.05, 4.69) is 24.5 Å². The number of unbranched alkanes of at least 4 members (excludes halogenated alkanes) is 1. The maximum atomic E-state index is 14.5. The number of piperidine rings is 1. The second kappa shape index (κ2) is 14.4. The molecule has 4 aliphatic rings. The van der Waals surface area contributed by atoms with Crippen molar-refractivity contribution in [2.24, 2.45) is 34.0 Å². The Bertz CT molecular complexity index is 1400. The molecule has 2 N–H and O–H groups in total. The van der Waals surface area contributed by atoms with Gasteiger partial charge in [0.25, 0.3) is 5.91 Å². The number of hydrogen-bond donors (Lipinski definition) is 2. The molecule has 0 aromatic heterocycles. The molecular weight excluding hydrogens is 642 g/mol. The molecule has 5 atom stereocenters. The average Bonchev–Trinajstić information content (AvgIpc) is 3.83. The minimum atomic E-state index is -3.47. The third-order valence-corrected chi connectivity index (χ3v) is 14.9. The first kappa shape index (κ1) is 39.5. The SMILES string of the molecule is CCCC[C@@H](NC(=O)[C@@H]1[C@@H]2[C@H](CN1C(=O)C(CC(=O)CC1(CS(=O)(=O)C(C)(C)C)CCCCC1)C(C)(C)C)C2(C)C)C(=O)C(=O)NC1CC1. The van der Waals surface area contributed by atoms with Crippen molar-refractivity contribution in [1.29, 1.82) is 0 Å². The monoisotopic (exact) mass is 705 g/mol. The average molecular weight is 706 g/mol. The van der Waals surface area contributed by atoms with E-state index in [1.165, 1.54) is 0 Å². The summed E-state index contributed by atoms with van der Waals surface area (Å²) in [4.78, 5) is 70.2. The van der Waals surface area contributed by atoms with Crippen molar-refractivity contribution in [2.45, 2.75) is 162 Å². The lowest BCUT2D eigenvalue weighted by Gasteiger charge is -2.40. The Hall–Kier alpha value is -2.30. The van der Waals surface area contributed by atoms with Gasteiger partial charge in [-0.25, -0.2) is 8.42 Å². The minimum absolute atomic E-state index is 0.0165. The van der Waals surface area contributed by atoms with Crippen LogP contribution in [0.4, 0.5) is 0 Å². The van der Waals surface area contributed by atoms with Gasteiger partial charge in [0.1, 0.15) is 11.8 Å². The van der Waals surface area contributed by atoms with Crippen LogP contribution < -0.4 is 10.6 Å². The van der Waals surface area contributed by atoms with E-state index in [9.17, 15) is 32.4 Å². The van der Waals surface area contributed by atoms with Gasteiger partial charge in [-0.15, -0.1) is 0 Å². The van der Waals surface area contributed by atoms with E-state index in [0.29, 0.717) is 32.2 Å². The Morgan fingerprint density at radius 3 is 2.08 bits per heavy atom. The van der Waals surface area contributed by atoms with Crippen molar-refractivity contribution < 1.29 is 32.4 Å². The van der Waals surface area contributed by atoms with Gasteiger partial charge in [-0.2, -0.15) is 0 Å². The van der Waals surface area contributed by atoms with Crippen LogP contribution in [0.3, 0.4) is 0 Å². The highest BCUT2D eigenvalue weighted by Gasteiger charge is 2.70. The third kappa shape index (κ3) is 8.96. The van der Waals surface area contributed by atoms with E-state index in [1.807, 2.05) is 27.7 Å². The molecule has 278 valence electrons. The van der Waals surface area contributed by atoms with Crippen LogP contribution in [-0.4, -0.2) is 77.8 Å². The molecule has 0 radical (unpaired) electrons. The molecule has 1 unspecified atom stereocenters. The molecule has 0 bridgehead atoms. The van der Waals surface area contributed by atoms with Crippen LogP contribution >= 0.6 is 0 Å². The lowest BCUT2D eigenvalue weighted by molar-refractivity contribution is -0.149. The number of amides is 3. The van der Waals surface area contributed by atoms with Gasteiger partial charge in [-0.05, 0) is 81.0 Å². The molecule has 1 aliphatic heterocycles. The normalized spacial score (nSPS) is 25.9. The van der Waals surface area contributed by atoms with Crippen molar-refractivity contribution in [3.05, 3.63) is 0 Å². The fourth-order valence-electron chi connectivity index (χ4n) is 8.37. The van der Waals surface area contributed by atoms with Gasteiger partial charge >= 0.3 is 0 Å². The van der Waals surface area contributed by atoms with E-state index >= 15 is 0 Å². The Kier molecular flexibility index (Phi) is 11.6. The summed E-state index contributed by atoms with van der Waals surface area (Å²) in [6.45, 7) is 17.4. The van der Waals surface area contributed by atoms with Crippen molar-refractivity contribution in [2.75, 3.05) is 12.3 Å². The number of Topliss-reactive ketones (excluding diaryl/α,β-unsaturated/α-hetero) is 2. The summed E-state index contributed by atoms with van der Waals surface area (Å²) >= 11 is 0. The molecule has 0 aromatic carbocycles. The molecule has 3 amide bonds. The summed E-state index contributed by atoms with van der Waals surface area (Å²) in [7, 11) is -3.47. The molecule has 3 aliphatic carbocycles. The predicted molar refractivity (Wildman–Crippen MR) is 190 cm³/mol. The zero-order chi connectivity index (χ0) is 36.7. The molecular formula is C38H63N3O7S. The smallest absolute Gasteiger partial charge is 0.289 e. The number of rotatable bonds is 15. The van der Waals surface area contributed by atoms with Crippen LogP contribution in [0.15, 0.2) is 0 Å². The highest BCUT2D eigenvalue weighted by atomic mass is 32.2. The van der Waals surface area contributed by atoms with Crippen molar-refractivity contribution >= 4 is 39.1 Å². The second-order valence-corrected chi connectivity index (χ2v) is 21.2. The van der Waals surface area contributed by atoms with Crippen LogP contribution in [0.2, 0.25) is 0 Å². The number of likely N-dealkylation sites (tertiary alicyclic amines) is 1. The standard InChI is InChI=1S/C38H63N3O7S/c1-10-11-15-28(31(43)33(45)39-24-16-17-24)40-32(44)30-29-27(37(29,8)9)22-41(30)34(46)26(35(2,3)4)20-25(42)21-38(18-13-12-14-19-38)23-49(47,48)36(5,6)7/h24,26-30H,10-23H2,1-9H3,(H,39,45)(H,40,44)/t26?,27-,28+,29-,30-/m0/s1. The fraction of sp³-hybridized carbons (Fsp3) is 0.868. The van der Waals surface area contributed by atoms with Gasteiger partial charge in [-0.3, -0.25) is 24.0 Å². The van der Waals surface area contributed by atoms with Crippen LogP contribution in [0, 0.1) is 34.0 Å². The number of hydrogen-bond acceptors (Lipinski definition) is 7. The number of fused-ring (bicyclic) bond motifs is 1. The molecule has 0 spiro atoms. The fourth-order valence-corrected chi connectivity index (χ4v) is 10.00. The third-order valence-electron chi connectivity index (χ3n) is 12.1. The van der Waals surface area contributed by atoms with Crippen molar-refractivity contribution in [3.8, 4) is 0 Å². The Balaban J connectivity index is 1.54. The molecule has 1 heterocycles. The molecule has 3 saturated carbocycles. The summed E-state index contributed by atoms with van der Waals surface area (Å²) in [5, 5.41) is 5.63. The first-order chi connectivity index (χ1) is 22.5. The van der Waals surface area contributed by atoms with Gasteiger partial charge in [0.05, 0.1) is 16.5 Å². The minimum Gasteiger partial charge on any atom is -0.347 e. The van der Waals surface area contributed by atoms with Gasteiger partial charge < -0.3 is 15.5 Å². The summed E-state index contributed by atoms with van der Waals surface area (Å²) in [5.74, 6) is -2.85. The van der Waals surface area contributed by atoms with E-state index in [-0.39, 0.29) is 53.6 Å². The summed E-state index contributed by atoms with van der Waals surface area (Å²) in [6, 6.07) is -1.76. The molecule has 10 nitrogen and oxygen atoms in total. The molecule has 1 saturated heterocycles. The number of sulfone groups is 1. The number of nitrogens with one attached hydrogen (secondary N) is 2. The maximum Gasteiger partial charge on any atom is 0.289 e. The molecule has 4 rings (SSSR count). The van der Waals surface area contributed by atoms with Gasteiger partial charge in [0, 0.05) is 31.3 Å². The van der Waals surface area contributed by atoms with Crippen LogP contribution in [0.1, 0.15) is 139 Å². The molecule has 4 fully saturated rings. The summed E-state index contributed by atoms with van der Waals surface area (Å²) < 4.78 is 25.8. The Morgan fingerprint density at radius 2 is 1.55 bits per heavy atom. The van der Waals surface area contributed by atoms with E-state index in [1.54, 1.807) is 25.7 Å². The molecule has 11 heteroatoms. The highest BCUT2D eigenvalue weighted by Crippen LogP contribution is 2.65. The molecule has 0 aromatic rings. The Morgan fingerprint density at radius 1 is 0.939 bits per heavy atom. The zero-order valence-electron chi connectivity index (χ0n) is 31.6. The topological polar surface area (TPSA) is 147 Å². The van der Waals surface area contributed by atoms with Gasteiger partial charge in [0.2, 0.25) is 17.6 Å². The first-order valence-electron chi connectivity index (χ1n) is 18.7. The number of carbonyl (C=O) groups excluding carboxylic acids is 5. The van der Waals surface area contributed by atoms with Gasteiger partial charge in [0.15, 0.2) is 9.84 Å². The van der Waals surface area contributed by atoms with Crippen LogP contribution in [-0.2, 0) is 33.8 Å². The lowest BCUT2D eigenvalue weighted by Crippen LogP contribution is -2.56. The van der Waals surface area contributed by atoms with E-state index < -0.39 is 61.0 Å². The number of carbonyl (C=O) groups is 5. The highest BCUT2D eigenvalue weighted by molar-refractivity contribution is 7.92. The van der Waals surface area contributed by atoms with E-state index in [0.717, 1.165) is 38.5 Å². The largest absolute Gasteiger partial charge is 0.347 e. The van der Waals surface area contributed by atoms with Gasteiger partial charge in [-0.1, -0.05) is 73.6 Å². The lowest BCUT2D eigenvalue weighted by atomic mass is 9.70. The Labute approximate surface area is 295 Å². The van der Waals surface area contributed by atoms with Crippen LogP contribution in [0.25, 0.3) is 0 Å². The number of nitrogens with zero attached hydrogens (tertiary/aromatic N) is 1. The first-order valence-corrected chi connectivity index (χ1v) is 20.4. The quantitative estimate of drug-likeness (QED) is 0.224. The van der Waals surface area contributed by atoms with Crippen LogP contribution in [0.5, 0.6) is 0 Å². The van der Waals surface area contributed by atoms with E-state index in [4.69, 9.17) is 0 Å².